The van der Waals surface area contributed by atoms with Gasteiger partial charge in [-0.25, -0.2) is 0 Å². The molecule has 1 atom stereocenters. The molecule has 3 aromatic rings. The minimum absolute atomic E-state index is 0.00457. The molecule has 8 nitrogen and oxygen atoms in total. The third-order valence-electron chi connectivity index (χ3n) is 5.56. The van der Waals surface area contributed by atoms with Crippen LogP contribution in [0, 0.1) is 10.1 Å². The number of benzene rings is 2. The van der Waals surface area contributed by atoms with Gasteiger partial charge in [-0.15, -0.1) is 10.2 Å². The second kappa shape index (κ2) is 8.00. The molecule has 150 valence electrons. The number of aromatic nitrogens is 2. The van der Waals surface area contributed by atoms with E-state index in [0.717, 1.165) is 25.9 Å². The lowest BCUT2D eigenvalue weighted by Crippen LogP contribution is -2.35. The zero-order valence-electron chi connectivity index (χ0n) is 16.1. The Bertz CT molecular complexity index is 977. The lowest BCUT2D eigenvalue weighted by molar-refractivity contribution is -0.384. The monoisotopic (exact) mass is 394 g/mol. The number of nitro benzene ring substituents is 1. The van der Waals surface area contributed by atoms with Gasteiger partial charge in [0.1, 0.15) is 5.75 Å². The Labute approximate surface area is 168 Å². The maximum Gasteiger partial charge on any atom is 0.269 e. The summed E-state index contributed by atoms with van der Waals surface area (Å²) in [5, 5.41) is 28.5. The van der Waals surface area contributed by atoms with Gasteiger partial charge < -0.3 is 9.52 Å². The first kappa shape index (κ1) is 19.1. The Kier molecular flexibility index (Phi) is 5.26. The molecule has 0 aliphatic carbocycles. The lowest BCUT2D eigenvalue weighted by Gasteiger charge is -2.34. The molecule has 8 heteroatoms. The molecule has 1 N–H and O–H groups in total. The van der Waals surface area contributed by atoms with Crippen LogP contribution >= 0.6 is 0 Å². The molecule has 1 aliphatic rings. The molecule has 0 bridgehead atoms. The molecule has 1 fully saturated rings. The third kappa shape index (κ3) is 4.12. The number of rotatable bonds is 5. The number of likely N-dealkylation sites (tertiary alicyclic amines) is 1. The molecule has 0 spiro atoms. The number of nitro groups is 1. The van der Waals surface area contributed by atoms with Gasteiger partial charge in [0.15, 0.2) is 0 Å². The fraction of sp³-hybridized carbons (Fsp3) is 0.333. The van der Waals surface area contributed by atoms with Crippen molar-refractivity contribution >= 4 is 5.69 Å². The van der Waals surface area contributed by atoms with Gasteiger partial charge in [-0.3, -0.25) is 15.0 Å². The minimum Gasteiger partial charge on any atom is -0.508 e. The minimum atomic E-state index is -0.438. The van der Waals surface area contributed by atoms with E-state index in [2.05, 4.69) is 15.1 Å². The van der Waals surface area contributed by atoms with Crippen molar-refractivity contribution in [3.63, 3.8) is 0 Å². The van der Waals surface area contributed by atoms with Gasteiger partial charge in [0.2, 0.25) is 11.8 Å². The fourth-order valence-corrected chi connectivity index (χ4v) is 3.77. The largest absolute Gasteiger partial charge is 0.508 e. The topological polar surface area (TPSA) is 106 Å². The molecule has 29 heavy (non-hydrogen) atoms. The van der Waals surface area contributed by atoms with Crippen LogP contribution < -0.4 is 0 Å². The Hall–Kier alpha value is -3.26. The lowest BCUT2D eigenvalue weighted by atomic mass is 9.89. The maximum atomic E-state index is 10.8. The smallest absolute Gasteiger partial charge is 0.269 e. The number of hydrogen-bond acceptors (Lipinski definition) is 7. The molecule has 0 amide bonds. The van der Waals surface area contributed by atoms with Crippen LogP contribution in [0.5, 0.6) is 5.75 Å². The van der Waals surface area contributed by atoms with E-state index in [9.17, 15) is 15.2 Å². The summed E-state index contributed by atoms with van der Waals surface area (Å²) in [6.45, 7) is 3.89. The average molecular weight is 394 g/mol. The number of aromatic hydroxyl groups is 1. The highest BCUT2D eigenvalue weighted by Gasteiger charge is 2.27. The Morgan fingerprint density at radius 2 is 1.76 bits per heavy atom. The van der Waals surface area contributed by atoms with E-state index in [0.29, 0.717) is 29.0 Å². The normalized spacial score (nSPS) is 16.6. The first-order valence-corrected chi connectivity index (χ1v) is 9.62. The van der Waals surface area contributed by atoms with Crippen LogP contribution in [-0.4, -0.2) is 38.2 Å². The predicted octanol–water partition coefficient (Wildman–Crippen LogP) is 4.29. The first-order valence-electron chi connectivity index (χ1n) is 9.62. The molecule has 0 saturated carbocycles. The summed E-state index contributed by atoms with van der Waals surface area (Å²) in [5.74, 6) is 1.68. The molecule has 2 heterocycles. The SMILES string of the molecule is CC(c1nnc(-c2ccc([N+](=O)[O-])cc2)o1)N1CCC(c2ccc(O)cc2)CC1. The van der Waals surface area contributed by atoms with Crippen molar-refractivity contribution in [1.29, 1.82) is 0 Å². The van der Waals surface area contributed by atoms with E-state index >= 15 is 0 Å². The summed E-state index contributed by atoms with van der Waals surface area (Å²) >= 11 is 0. The average Bonchev–Trinajstić information content (AvgIpc) is 3.24. The Morgan fingerprint density at radius 1 is 1.10 bits per heavy atom. The fourth-order valence-electron chi connectivity index (χ4n) is 3.77. The third-order valence-corrected chi connectivity index (χ3v) is 5.56. The van der Waals surface area contributed by atoms with Crippen LogP contribution in [0.25, 0.3) is 11.5 Å². The van der Waals surface area contributed by atoms with Crippen LogP contribution in [0.15, 0.2) is 52.9 Å². The number of phenolic OH excluding ortho intramolecular Hbond substituents is 1. The van der Waals surface area contributed by atoms with E-state index in [4.69, 9.17) is 4.42 Å². The molecule has 1 saturated heterocycles. The van der Waals surface area contributed by atoms with Crippen molar-refractivity contribution in [3.8, 4) is 17.2 Å². The maximum absolute atomic E-state index is 10.8. The van der Waals surface area contributed by atoms with Gasteiger partial charge in [0.05, 0.1) is 11.0 Å². The molecule has 0 radical (unpaired) electrons. The summed E-state index contributed by atoms with van der Waals surface area (Å²) < 4.78 is 5.85. The van der Waals surface area contributed by atoms with Crippen LogP contribution in [0.3, 0.4) is 0 Å². The highest BCUT2D eigenvalue weighted by molar-refractivity contribution is 5.55. The number of piperidine rings is 1. The highest BCUT2D eigenvalue weighted by Crippen LogP contribution is 2.33. The quantitative estimate of drug-likeness (QED) is 0.508. The zero-order chi connectivity index (χ0) is 20.4. The van der Waals surface area contributed by atoms with Crippen molar-refractivity contribution < 1.29 is 14.4 Å². The van der Waals surface area contributed by atoms with Crippen molar-refractivity contribution in [3.05, 3.63) is 70.1 Å². The first-order chi connectivity index (χ1) is 14.0. The summed E-state index contributed by atoms with van der Waals surface area (Å²) in [7, 11) is 0. The molecule has 1 aromatic heterocycles. The number of phenols is 1. The van der Waals surface area contributed by atoms with Crippen molar-refractivity contribution in [2.45, 2.75) is 31.7 Å². The number of hydrogen-bond donors (Lipinski definition) is 1. The molecule has 2 aromatic carbocycles. The van der Waals surface area contributed by atoms with E-state index in [1.165, 1.54) is 17.7 Å². The second-order valence-corrected chi connectivity index (χ2v) is 7.33. The van der Waals surface area contributed by atoms with E-state index < -0.39 is 4.92 Å². The molecule has 1 unspecified atom stereocenters. The summed E-state index contributed by atoms with van der Waals surface area (Å²) in [6.07, 6.45) is 2.05. The van der Waals surface area contributed by atoms with E-state index in [1.807, 2.05) is 19.1 Å². The standard InChI is InChI=1S/C21H22N4O4/c1-14(24-12-10-16(11-13-24)15-4-8-19(26)9-5-15)20-22-23-21(29-20)17-2-6-18(7-3-17)25(27)28/h2-9,14,16,26H,10-13H2,1H3. The summed E-state index contributed by atoms with van der Waals surface area (Å²) in [6, 6.07) is 13.5. The van der Waals surface area contributed by atoms with Crippen LogP contribution in [0.1, 0.15) is 43.2 Å². The summed E-state index contributed by atoms with van der Waals surface area (Å²) in [4.78, 5) is 12.7. The molecule has 1 aliphatic heterocycles. The zero-order valence-corrected chi connectivity index (χ0v) is 16.1. The van der Waals surface area contributed by atoms with Gasteiger partial charge in [-0.2, -0.15) is 0 Å². The van der Waals surface area contributed by atoms with Gasteiger partial charge >= 0.3 is 0 Å². The van der Waals surface area contributed by atoms with Gasteiger partial charge in [-0.1, -0.05) is 12.1 Å². The highest BCUT2D eigenvalue weighted by atomic mass is 16.6. The van der Waals surface area contributed by atoms with Crippen molar-refractivity contribution in [1.82, 2.24) is 15.1 Å². The van der Waals surface area contributed by atoms with E-state index in [1.54, 1.807) is 24.3 Å². The van der Waals surface area contributed by atoms with Crippen molar-refractivity contribution in [2.75, 3.05) is 13.1 Å². The van der Waals surface area contributed by atoms with Crippen molar-refractivity contribution in [2.24, 2.45) is 0 Å². The van der Waals surface area contributed by atoms with Crippen LogP contribution in [0.4, 0.5) is 5.69 Å². The second-order valence-electron chi connectivity index (χ2n) is 7.33. The van der Waals surface area contributed by atoms with Crippen LogP contribution in [0.2, 0.25) is 0 Å². The van der Waals surface area contributed by atoms with Gasteiger partial charge in [-0.05, 0) is 68.6 Å². The summed E-state index contributed by atoms with van der Waals surface area (Å²) in [5.41, 5.74) is 1.94. The van der Waals surface area contributed by atoms with Crippen LogP contribution in [-0.2, 0) is 0 Å². The Morgan fingerprint density at radius 3 is 2.38 bits per heavy atom. The molecular weight excluding hydrogens is 372 g/mol. The number of non-ortho nitro benzene ring substituents is 1. The van der Waals surface area contributed by atoms with Gasteiger partial charge in [0.25, 0.3) is 5.69 Å². The van der Waals surface area contributed by atoms with E-state index in [-0.39, 0.29) is 11.7 Å². The number of nitrogens with zero attached hydrogens (tertiary/aromatic N) is 4. The predicted molar refractivity (Wildman–Crippen MR) is 106 cm³/mol. The Balaban J connectivity index is 1.40. The molecular formula is C21H22N4O4. The molecule has 4 rings (SSSR count). The van der Waals surface area contributed by atoms with Gasteiger partial charge in [0, 0.05) is 17.7 Å².